The summed E-state index contributed by atoms with van der Waals surface area (Å²) in [6.07, 6.45) is 2.61. The van der Waals surface area contributed by atoms with Gasteiger partial charge in [0.05, 0.1) is 6.20 Å². The van der Waals surface area contributed by atoms with E-state index in [-0.39, 0.29) is 0 Å². The largest absolute Gasteiger partial charge is 0.436 e. The van der Waals surface area contributed by atoms with Crippen LogP contribution in [0.4, 0.5) is 0 Å². The van der Waals surface area contributed by atoms with Crippen molar-refractivity contribution in [3.05, 3.63) is 16.8 Å². The van der Waals surface area contributed by atoms with E-state index in [0.29, 0.717) is 4.80 Å². The molecule has 0 spiro atoms. The normalized spacial score (nSPS) is 10.2. The molecule has 0 aromatic carbocycles. The molecule has 0 aliphatic carbocycles. The molecule has 0 bridgehead atoms. The Labute approximate surface area is 68.0 Å². The molecule has 0 fully saturated rings. The lowest BCUT2D eigenvalue weighted by molar-refractivity contribution is 0.476. The van der Waals surface area contributed by atoms with Crippen molar-refractivity contribution in [1.82, 2.24) is 10.3 Å². The fourth-order valence-electron chi connectivity index (χ4n) is 0.647. The zero-order valence-corrected chi connectivity index (χ0v) is 7.31. The third-order valence-electron chi connectivity index (χ3n) is 1.15. The number of likely N-dealkylation sites (N-methyl/N-ethyl adjacent to an activating group) is 1. The van der Waals surface area contributed by atoms with Gasteiger partial charge < -0.3 is 9.73 Å². The zero-order chi connectivity index (χ0) is 7.40. The topological polar surface area (TPSA) is 38.1 Å². The molecule has 1 N–H and O–H groups in total. The monoisotopic (exact) mass is 204 g/mol. The molecule has 56 valence electrons. The molecule has 0 aliphatic rings. The summed E-state index contributed by atoms with van der Waals surface area (Å²) in [5, 5.41) is 3.02. The number of nitrogens with zero attached hydrogens (tertiary/aromatic N) is 1. The zero-order valence-electron chi connectivity index (χ0n) is 5.72. The Hall–Kier alpha value is -0.350. The van der Waals surface area contributed by atoms with E-state index in [1.807, 2.05) is 7.05 Å². The van der Waals surface area contributed by atoms with Gasteiger partial charge in [-0.1, -0.05) is 0 Å². The Morgan fingerprint density at radius 3 is 3.10 bits per heavy atom. The van der Waals surface area contributed by atoms with Crippen LogP contribution in [0.2, 0.25) is 0 Å². The molecule has 0 atom stereocenters. The average molecular weight is 205 g/mol. The van der Waals surface area contributed by atoms with Crippen LogP contribution in [0.5, 0.6) is 0 Å². The molecule has 0 unspecified atom stereocenters. The summed E-state index contributed by atoms with van der Waals surface area (Å²) in [6.45, 7) is 0.918. The number of rotatable bonds is 3. The minimum absolute atomic E-state index is 0.554. The third-order valence-corrected chi connectivity index (χ3v) is 1.51. The van der Waals surface area contributed by atoms with Gasteiger partial charge in [-0.25, -0.2) is 4.98 Å². The summed E-state index contributed by atoms with van der Waals surface area (Å²) < 4.78 is 5.15. The van der Waals surface area contributed by atoms with Crippen molar-refractivity contribution in [1.29, 1.82) is 0 Å². The van der Waals surface area contributed by atoms with E-state index < -0.39 is 0 Å². The van der Waals surface area contributed by atoms with Crippen LogP contribution in [-0.4, -0.2) is 18.6 Å². The molecule has 1 rings (SSSR count). The number of nitrogens with one attached hydrogen (secondary N) is 1. The van der Waals surface area contributed by atoms with Crippen LogP contribution < -0.4 is 5.32 Å². The number of hydrogen-bond donors (Lipinski definition) is 1. The summed E-state index contributed by atoms with van der Waals surface area (Å²) in [4.78, 5) is 4.45. The standard InChI is InChI=1S/C6H9BrN2O/c1-8-3-2-5-4-9-6(7)10-5/h4,8H,2-3H2,1H3. The van der Waals surface area contributed by atoms with Crippen molar-refractivity contribution in [2.75, 3.05) is 13.6 Å². The van der Waals surface area contributed by atoms with Gasteiger partial charge in [0.2, 0.25) is 0 Å². The van der Waals surface area contributed by atoms with Crippen molar-refractivity contribution < 1.29 is 4.42 Å². The van der Waals surface area contributed by atoms with Crippen LogP contribution >= 0.6 is 15.9 Å². The maximum atomic E-state index is 5.15. The third kappa shape index (κ3) is 2.11. The van der Waals surface area contributed by atoms with Gasteiger partial charge in [-0.15, -0.1) is 0 Å². The molecule has 3 nitrogen and oxygen atoms in total. The Morgan fingerprint density at radius 1 is 1.80 bits per heavy atom. The second-order valence-corrected chi connectivity index (χ2v) is 2.61. The summed E-state index contributed by atoms with van der Waals surface area (Å²) >= 11 is 3.13. The van der Waals surface area contributed by atoms with Crippen LogP contribution in [0.25, 0.3) is 0 Å². The highest BCUT2D eigenvalue weighted by atomic mass is 79.9. The Morgan fingerprint density at radius 2 is 2.60 bits per heavy atom. The summed E-state index contributed by atoms with van der Waals surface area (Å²) in [6, 6.07) is 0. The SMILES string of the molecule is CNCCc1cnc(Br)o1. The molecule has 0 radical (unpaired) electrons. The molecule has 0 saturated carbocycles. The van der Waals surface area contributed by atoms with E-state index >= 15 is 0 Å². The molecular formula is C6H9BrN2O. The maximum Gasteiger partial charge on any atom is 0.264 e. The first-order valence-corrected chi connectivity index (χ1v) is 3.87. The van der Waals surface area contributed by atoms with E-state index in [0.717, 1.165) is 18.7 Å². The van der Waals surface area contributed by atoms with Crippen molar-refractivity contribution in [3.8, 4) is 0 Å². The predicted molar refractivity (Wildman–Crippen MR) is 41.8 cm³/mol. The van der Waals surface area contributed by atoms with Crippen LogP contribution in [0.1, 0.15) is 5.76 Å². The van der Waals surface area contributed by atoms with Crippen LogP contribution in [0.3, 0.4) is 0 Å². The van der Waals surface area contributed by atoms with E-state index in [1.165, 1.54) is 0 Å². The van der Waals surface area contributed by atoms with Crippen molar-refractivity contribution in [3.63, 3.8) is 0 Å². The highest BCUT2D eigenvalue weighted by Gasteiger charge is 1.97. The molecule has 10 heavy (non-hydrogen) atoms. The van der Waals surface area contributed by atoms with Gasteiger partial charge in [0.25, 0.3) is 4.80 Å². The highest BCUT2D eigenvalue weighted by molar-refractivity contribution is 9.10. The first-order chi connectivity index (χ1) is 4.83. The minimum Gasteiger partial charge on any atom is -0.436 e. The van der Waals surface area contributed by atoms with Crippen LogP contribution in [0, 0.1) is 0 Å². The first-order valence-electron chi connectivity index (χ1n) is 3.07. The molecule has 0 saturated heterocycles. The highest BCUT2D eigenvalue weighted by Crippen LogP contribution is 2.09. The van der Waals surface area contributed by atoms with Gasteiger partial charge in [-0.2, -0.15) is 0 Å². The molecule has 1 heterocycles. The fraction of sp³-hybridized carbons (Fsp3) is 0.500. The summed E-state index contributed by atoms with van der Waals surface area (Å²) in [5.41, 5.74) is 0. The quantitative estimate of drug-likeness (QED) is 0.805. The Bertz CT molecular complexity index is 199. The smallest absolute Gasteiger partial charge is 0.264 e. The van der Waals surface area contributed by atoms with Gasteiger partial charge >= 0.3 is 0 Å². The van der Waals surface area contributed by atoms with Gasteiger partial charge in [0.1, 0.15) is 5.76 Å². The van der Waals surface area contributed by atoms with Crippen molar-refractivity contribution >= 4 is 15.9 Å². The van der Waals surface area contributed by atoms with E-state index in [2.05, 4.69) is 26.2 Å². The minimum atomic E-state index is 0.554. The first kappa shape index (κ1) is 7.75. The molecule has 1 aromatic heterocycles. The second kappa shape index (κ2) is 3.73. The van der Waals surface area contributed by atoms with Gasteiger partial charge in [-0.05, 0) is 7.05 Å². The van der Waals surface area contributed by atoms with Gasteiger partial charge in [0, 0.05) is 28.9 Å². The summed E-state index contributed by atoms with van der Waals surface area (Å²) in [5.74, 6) is 0.904. The Kier molecular flexibility index (Phi) is 2.89. The van der Waals surface area contributed by atoms with Crippen LogP contribution in [0.15, 0.2) is 15.4 Å². The molecule has 4 heteroatoms. The van der Waals surface area contributed by atoms with Gasteiger partial charge in [0.15, 0.2) is 0 Å². The molecule has 1 aromatic rings. The van der Waals surface area contributed by atoms with E-state index in [9.17, 15) is 0 Å². The maximum absolute atomic E-state index is 5.15. The second-order valence-electron chi connectivity index (χ2n) is 1.93. The number of halogens is 1. The van der Waals surface area contributed by atoms with Crippen LogP contribution in [-0.2, 0) is 6.42 Å². The van der Waals surface area contributed by atoms with Gasteiger partial charge in [-0.3, -0.25) is 0 Å². The lowest BCUT2D eigenvalue weighted by Crippen LogP contribution is -2.09. The van der Waals surface area contributed by atoms with E-state index in [1.54, 1.807) is 6.20 Å². The summed E-state index contributed by atoms with van der Waals surface area (Å²) in [7, 11) is 1.91. The van der Waals surface area contributed by atoms with Crippen molar-refractivity contribution in [2.45, 2.75) is 6.42 Å². The Balaban J connectivity index is 2.42. The lowest BCUT2D eigenvalue weighted by atomic mass is 10.3. The number of hydrogen-bond acceptors (Lipinski definition) is 3. The lowest BCUT2D eigenvalue weighted by Gasteiger charge is -1.92. The van der Waals surface area contributed by atoms with E-state index in [4.69, 9.17) is 4.42 Å². The van der Waals surface area contributed by atoms with Crippen molar-refractivity contribution in [2.24, 2.45) is 0 Å². The molecular weight excluding hydrogens is 196 g/mol. The average Bonchev–Trinajstić information content (AvgIpc) is 2.31. The number of oxazole rings is 1. The number of aromatic nitrogens is 1. The fourth-order valence-corrected chi connectivity index (χ4v) is 0.958. The predicted octanol–water partition coefficient (Wildman–Crippen LogP) is 1.20. The molecule has 0 amide bonds. The molecule has 0 aliphatic heterocycles.